The van der Waals surface area contributed by atoms with E-state index in [4.69, 9.17) is 19.3 Å². The van der Waals surface area contributed by atoms with E-state index in [1.807, 2.05) is 0 Å². The molecule has 0 spiro atoms. The van der Waals surface area contributed by atoms with Gasteiger partial charge in [0.15, 0.2) is 0 Å². The molecule has 0 heterocycles. The van der Waals surface area contributed by atoms with Gasteiger partial charge in [-0.1, -0.05) is 22.0 Å². The zero-order chi connectivity index (χ0) is 14.4. The van der Waals surface area contributed by atoms with Crippen LogP contribution in [0.1, 0.15) is 18.6 Å². The van der Waals surface area contributed by atoms with E-state index in [-0.39, 0.29) is 0 Å². The minimum absolute atomic E-state index is 0.376. The molecule has 0 aliphatic heterocycles. The first-order valence-electron chi connectivity index (χ1n) is 5.76. The number of carbonyl (C=O) groups is 1. The summed E-state index contributed by atoms with van der Waals surface area (Å²) in [5.41, 5.74) is 0.582. The number of halogens is 1. The maximum atomic E-state index is 11.2. The molecule has 6 heteroatoms. The summed E-state index contributed by atoms with van der Waals surface area (Å²) in [5, 5.41) is 9.16. The molecule has 0 aliphatic carbocycles. The number of aliphatic carboxylic acids is 1. The first-order chi connectivity index (χ1) is 9.06. The highest BCUT2D eigenvalue weighted by atomic mass is 79.9. The highest BCUT2D eigenvalue weighted by molar-refractivity contribution is 9.10. The normalized spacial score (nSPS) is 13.7. The fourth-order valence-corrected chi connectivity index (χ4v) is 2.20. The standard InChI is InChI=1S/C13H17BrO5/c1-4-19-12(11(14)13(15)16)10-8(17-2)6-5-7-9(10)18-3/h5-7,11-12H,4H2,1-3H3,(H,15,16). The SMILES string of the molecule is CCOC(c1c(OC)cccc1OC)C(Br)C(=O)O. The van der Waals surface area contributed by atoms with Gasteiger partial charge in [-0.3, -0.25) is 4.79 Å². The van der Waals surface area contributed by atoms with Gasteiger partial charge in [0.25, 0.3) is 0 Å². The van der Waals surface area contributed by atoms with Crippen LogP contribution in [0, 0.1) is 0 Å². The minimum atomic E-state index is -1.01. The molecule has 1 aromatic rings. The van der Waals surface area contributed by atoms with E-state index < -0.39 is 16.9 Å². The van der Waals surface area contributed by atoms with Crippen LogP contribution in [0.3, 0.4) is 0 Å². The minimum Gasteiger partial charge on any atom is -0.496 e. The van der Waals surface area contributed by atoms with Gasteiger partial charge in [0, 0.05) is 6.61 Å². The number of benzene rings is 1. The molecule has 2 unspecified atom stereocenters. The van der Waals surface area contributed by atoms with E-state index in [1.165, 1.54) is 14.2 Å². The molecule has 1 N–H and O–H groups in total. The Morgan fingerprint density at radius 3 is 2.21 bits per heavy atom. The Morgan fingerprint density at radius 2 is 1.84 bits per heavy atom. The molecule has 0 radical (unpaired) electrons. The van der Waals surface area contributed by atoms with E-state index in [9.17, 15) is 4.79 Å². The summed E-state index contributed by atoms with van der Waals surface area (Å²) in [6, 6.07) is 5.26. The molecule has 2 atom stereocenters. The van der Waals surface area contributed by atoms with Crippen LogP contribution in [-0.4, -0.2) is 36.7 Å². The average molecular weight is 333 g/mol. The van der Waals surface area contributed by atoms with Crippen LogP contribution >= 0.6 is 15.9 Å². The maximum Gasteiger partial charge on any atom is 0.320 e. The predicted molar refractivity (Wildman–Crippen MR) is 74.3 cm³/mol. The van der Waals surface area contributed by atoms with Crippen molar-refractivity contribution in [2.24, 2.45) is 0 Å². The first-order valence-corrected chi connectivity index (χ1v) is 6.67. The van der Waals surface area contributed by atoms with Crippen molar-refractivity contribution < 1.29 is 24.1 Å². The van der Waals surface area contributed by atoms with Gasteiger partial charge >= 0.3 is 5.97 Å². The molecule has 0 amide bonds. The smallest absolute Gasteiger partial charge is 0.320 e. The van der Waals surface area contributed by atoms with Crippen LogP contribution in [0.5, 0.6) is 11.5 Å². The lowest BCUT2D eigenvalue weighted by Crippen LogP contribution is -2.25. The first kappa shape index (κ1) is 15.8. The number of hydrogen-bond acceptors (Lipinski definition) is 4. The Kier molecular flexibility index (Phi) is 6.11. The van der Waals surface area contributed by atoms with E-state index in [0.717, 1.165) is 0 Å². The molecule has 0 bridgehead atoms. The van der Waals surface area contributed by atoms with Gasteiger partial charge in [0.05, 0.1) is 19.8 Å². The zero-order valence-electron chi connectivity index (χ0n) is 11.1. The highest BCUT2D eigenvalue weighted by Crippen LogP contribution is 2.39. The Labute approximate surface area is 120 Å². The second-order valence-electron chi connectivity index (χ2n) is 3.69. The summed E-state index contributed by atoms with van der Waals surface area (Å²) in [4.78, 5) is 10.3. The summed E-state index contributed by atoms with van der Waals surface area (Å²) >= 11 is 3.14. The molecular weight excluding hydrogens is 316 g/mol. The molecule has 0 aliphatic rings. The van der Waals surface area contributed by atoms with Gasteiger partial charge in [-0.15, -0.1) is 0 Å². The van der Waals surface area contributed by atoms with Gasteiger partial charge in [0.2, 0.25) is 0 Å². The van der Waals surface area contributed by atoms with Crippen molar-refractivity contribution in [3.8, 4) is 11.5 Å². The van der Waals surface area contributed by atoms with Gasteiger partial charge < -0.3 is 19.3 Å². The van der Waals surface area contributed by atoms with E-state index in [1.54, 1.807) is 25.1 Å². The molecule has 106 valence electrons. The van der Waals surface area contributed by atoms with Crippen molar-refractivity contribution in [3.05, 3.63) is 23.8 Å². The quantitative estimate of drug-likeness (QED) is 0.777. The van der Waals surface area contributed by atoms with Crippen LogP contribution in [0.4, 0.5) is 0 Å². The molecule has 0 aromatic heterocycles. The fourth-order valence-electron chi connectivity index (χ4n) is 1.78. The van der Waals surface area contributed by atoms with Crippen LogP contribution in [0.2, 0.25) is 0 Å². The molecule has 1 rings (SSSR count). The Bertz CT molecular complexity index is 413. The summed E-state index contributed by atoms with van der Waals surface area (Å²) in [5.74, 6) is 0.0541. The van der Waals surface area contributed by atoms with Crippen molar-refractivity contribution in [1.29, 1.82) is 0 Å². The van der Waals surface area contributed by atoms with E-state index in [0.29, 0.717) is 23.7 Å². The monoisotopic (exact) mass is 332 g/mol. The van der Waals surface area contributed by atoms with Crippen LogP contribution in [-0.2, 0) is 9.53 Å². The molecule has 5 nitrogen and oxygen atoms in total. The maximum absolute atomic E-state index is 11.2. The predicted octanol–water partition coefficient (Wildman–Crippen LogP) is 2.63. The second-order valence-corrected chi connectivity index (χ2v) is 4.68. The van der Waals surface area contributed by atoms with Crippen LogP contribution in [0.15, 0.2) is 18.2 Å². The number of methoxy groups -OCH3 is 2. The second kappa shape index (κ2) is 7.35. The Hall–Kier alpha value is -1.27. The number of carboxylic acid groups (broad SMARTS) is 1. The molecule has 1 aromatic carbocycles. The summed E-state index contributed by atoms with van der Waals surface area (Å²) in [6.45, 7) is 2.18. The van der Waals surface area contributed by atoms with Crippen molar-refractivity contribution in [3.63, 3.8) is 0 Å². The fraction of sp³-hybridized carbons (Fsp3) is 0.462. The topological polar surface area (TPSA) is 65.0 Å². The molecule has 19 heavy (non-hydrogen) atoms. The summed E-state index contributed by atoms with van der Waals surface area (Å²) in [7, 11) is 3.04. The third-order valence-electron chi connectivity index (χ3n) is 2.60. The van der Waals surface area contributed by atoms with Crippen molar-refractivity contribution in [1.82, 2.24) is 0 Å². The van der Waals surface area contributed by atoms with Gasteiger partial charge in [-0.2, -0.15) is 0 Å². The number of ether oxygens (including phenoxy) is 3. The Balaban J connectivity index is 3.31. The van der Waals surface area contributed by atoms with Gasteiger partial charge in [-0.05, 0) is 19.1 Å². The van der Waals surface area contributed by atoms with Crippen LogP contribution in [0.25, 0.3) is 0 Å². The summed E-state index contributed by atoms with van der Waals surface area (Å²) in [6.07, 6.45) is -0.700. The molecule has 0 saturated carbocycles. The zero-order valence-corrected chi connectivity index (χ0v) is 12.6. The van der Waals surface area contributed by atoms with Crippen molar-refractivity contribution in [2.45, 2.75) is 17.9 Å². The highest BCUT2D eigenvalue weighted by Gasteiger charge is 2.32. The number of rotatable bonds is 7. The molecule has 0 saturated heterocycles. The number of carboxylic acids is 1. The Morgan fingerprint density at radius 1 is 1.32 bits per heavy atom. The van der Waals surface area contributed by atoms with Crippen molar-refractivity contribution >= 4 is 21.9 Å². The lowest BCUT2D eigenvalue weighted by atomic mass is 10.0. The largest absolute Gasteiger partial charge is 0.496 e. The van der Waals surface area contributed by atoms with E-state index in [2.05, 4.69) is 15.9 Å². The lowest BCUT2D eigenvalue weighted by Gasteiger charge is -2.24. The third-order valence-corrected chi connectivity index (χ3v) is 3.47. The average Bonchev–Trinajstić information content (AvgIpc) is 2.43. The number of alkyl halides is 1. The summed E-state index contributed by atoms with van der Waals surface area (Å²) < 4.78 is 16.1. The third kappa shape index (κ3) is 3.61. The lowest BCUT2D eigenvalue weighted by molar-refractivity contribution is -0.139. The van der Waals surface area contributed by atoms with Crippen molar-refractivity contribution in [2.75, 3.05) is 20.8 Å². The van der Waals surface area contributed by atoms with Gasteiger partial charge in [-0.25, -0.2) is 0 Å². The van der Waals surface area contributed by atoms with Gasteiger partial charge in [0.1, 0.15) is 22.4 Å². The molecule has 0 fully saturated rings. The molecular formula is C13H17BrO5. The van der Waals surface area contributed by atoms with Crippen LogP contribution < -0.4 is 9.47 Å². The number of hydrogen-bond donors (Lipinski definition) is 1. The van der Waals surface area contributed by atoms with E-state index >= 15 is 0 Å².